The summed E-state index contributed by atoms with van der Waals surface area (Å²) in [7, 11) is 0. The van der Waals surface area contributed by atoms with Crippen LogP contribution in [0.25, 0.3) is 0 Å². The van der Waals surface area contributed by atoms with E-state index in [1.165, 1.54) is 64.2 Å². The summed E-state index contributed by atoms with van der Waals surface area (Å²) < 4.78 is 0. The Kier molecular flexibility index (Phi) is 7.46. The Morgan fingerprint density at radius 2 is 0.810 bits per heavy atom. The van der Waals surface area contributed by atoms with Crippen LogP contribution in [-0.4, -0.2) is 11.6 Å². The molecule has 0 radical (unpaired) electrons. The van der Waals surface area contributed by atoms with Crippen LogP contribution in [0.5, 0.6) is 0 Å². The van der Waals surface area contributed by atoms with Crippen molar-refractivity contribution >= 4 is 11.6 Å². The molecule has 21 heavy (non-hydrogen) atoms. The van der Waals surface area contributed by atoms with Gasteiger partial charge in [0.25, 0.3) is 0 Å². The number of carbonyl (C=O) groups is 2. The number of hydrogen-bond acceptors (Lipinski definition) is 2. The van der Waals surface area contributed by atoms with Crippen LogP contribution in [0.4, 0.5) is 0 Å². The van der Waals surface area contributed by atoms with Gasteiger partial charge in [0, 0.05) is 11.8 Å². The molecule has 0 amide bonds. The number of hydrogen-bond donors (Lipinski definition) is 0. The average Bonchev–Trinajstić information content (AvgIpc) is 2.37. The normalized spacial score (nSPS) is 23.6. The number of rotatable bonds is 4. The van der Waals surface area contributed by atoms with Crippen molar-refractivity contribution in [1.82, 2.24) is 0 Å². The molecular formula is C19H32O2. The van der Waals surface area contributed by atoms with Crippen molar-refractivity contribution in [3.05, 3.63) is 0 Å². The monoisotopic (exact) mass is 292 g/mol. The maximum absolute atomic E-state index is 12.4. The van der Waals surface area contributed by atoms with Crippen LogP contribution in [0.1, 0.15) is 96.3 Å². The van der Waals surface area contributed by atoms with Crippen molar-refractivity contribution < 1.29 is 9.59 Å². The van der Waals surface area contributed by atoms with Gasteiger partial charge in [-0.05, 0) is 25.7 Å². The van der Waals surface area contributed by atoms with Crippen molar-refractivity contribution in [1.29, 1.82) is 0 Å². The highest BCUT2D eigenvalue weighted by Gasteiger charge is 2.25. The first-order valence-corrected chi connectivity index (χ1v) is 9.33. The van der Waals surface area contributed by atoms with Crippen molar-refractivity contribution in [3.8, 4) is 0 Å². The lowest BCUT2D eigenvalue weighted by molar-refractivity contribution is -0.132. The molecule has 2 fully saturated rings. The summed E-state index contributed by atoms with van der Waals surface area (Å²) in [6, 6.07) is 0. The Morgan fingerprint density at radius 1 is 0.524 bits per heavy atom. The van der Waals surface area contributed by atoms with Crippen LogP contribution in [0.2, 0.25) is 0 Å². The van der Waals surface area contributed by atoms with Gasteiger partial charge < -0.3 is 0 Å². The largest absolute Gasteiger partial charge is 0.299 e. The molecule has 120 valence electrons. The second-order valence-electron chi connectivity index (χ2n) is 7.19. The van der Waals surface area contributed by atoms with E-state index < -0.39 is 0 Å². The predicted octanol–water partition coefficient (Wildman–Crippen LogP) is 5.24. The summed E-state index contributed by atoms with van der Waals surface area (Å²) in [5.74, 6) is 0.874. The van der Waals surface area contributed by atoms with Gasteiger partial charge in [-0.3, -0.25) is 9.59 Å². The van der Waals surface area contributed by atoms with Gasteiger partial charge in [-0.15, -0.1) is 0 Å². The molecule has 2 aliphatic carbocycles. The number of carbonyl (C=O) groups excluding carboxylic acids is 2. The molecule has 2 rings (SSSR count). The van der Waals surface area contributed by atoms with Gasteiger partial charge in [0.1, 0.15) is 11.6 Å². The van der Waals surface area contributed by atoms with Crippen LogP contribution in [0.15, 0.2) is 0 Å². The molecule has 0 spiro atoms. The van der Waals surface area contributed by atoms with Gasteiger partial charge in [0.2, 0.25) is 0 Å². The standard InChI is InChI=1S/C19H32O2/c20-18(16-11-7-3-1-4-8-12-16)15-19(21)17-13-9-5-2-6-10-14-17/h16-17H,1-15H2. The molecule has 2 nitrogen and oxygen atoms in total. The van der Waals surface area contributed by atoms with Gasteiger partial charge in [0.15, 0.2) is 0 Å². The second kappa shape index (κ2) is 9.38. The average molecular weight is 292 g/mol. The predicted molar refractivity (Wildman–Crippen MR) is 86.2 cm³/mol. The molecule has 0 saturated heterocycles. The van der Waals surface area contributed by atoms with Crippen LogP contribution >= 0.6 is 0 Å². The molecule has 0 aromatic rings. The van der Waals surface area contributed by atoms with Crippen LogP contribution in [0, 0.1) is 11.8 Å². The summed E-state index contributed by atoms with van der Waals surface area (Å²) in [6.45, 7) is 0. The Balaban J connectivity index is 1.80. The Labute approximate surface area is 130 Å². The van der Waals surface area contributed by atoms with E-state index in [2.05, 4.69) is 0 Å². The van der Waals surface area contributed by atoms with E-state index in [0.29, 0.717) is 0 Å². The fraction of sp³-hybridized carbons (Fsp3) is 0.895. The lowest BCUT2D eigenvalue weighted by Crippen LogP contribution is -2.24. The van der Waals surface area contributed by atoms with E-state index in [9.17, 15) is 9.59 Å². The molecule has 0 aromatic heterocycles. The minimum absolute atomic E-state index is 0.183. The summed E-state index contributed by atoms with van der Waals surface area (Å²) in [5.41, 5.74) is 0. The fourth-order valence-electron chi connectivity index (χ4n) is 4.02. The zero-order valence-corrected chi connectivity index (χ0v) is 13.6. The third-order valence-corrected chi connectivity index (χ3v) is 5.47. The van der Waals surface area contributed by atoms with Crippen molar-refractivity contribution in [3.63, 3.8) is 0 Å². The molecule has 0 bridgehead atoms. The van der Waals surface area contributed by atoms with Crippen molar-refractivity contribution in [2.24, 2.45) is 11.8 Å². The zero-order chi connectivity index (χ0) is 14.9. The quantitative estimate of drug-likeness (QED) is 0.664. The molecule has 0 N–H and O–H groups in total. The highest BCUT2D eigenvalue weighted by Crippen LogP contribution is 2.27. The van der Waals surface area contributed by atoms with E-state index in [4.69, 9.17) is 0 Å². The zero-order valence-electron chi connectivity index (χ0n) is 13.6. The second-order valence-corrected chi connectivity index (χ2v) is 7.19. The first-order valence-electron chi connectivity index (χ1n) is 9.33. The lowest BCUT2D eigenvalue weighted by atomic mass is 9.82. The van der Waals surface area contributed by atoms with Crippen LogP contribution in [0.3, 0.4) is 0 Å². The summed E-state index contributed by atoms with van der Waals surface area (Å²) in [4.78, 5) is 24.9. The number of Topliss-reactive ketones (excluding diaryl/α,β-unsaturated/α-hetero) is 2. The Hall–Kier alpha value is -0.660. The van der Waals surface area contributed by atoms with Gasteiger partial charge in [0.05, 0.1) is 6.42 Å². The third kappa shape index (κ3) is 5.92. The van der Waals surface area contributed by atoms with Crippen LogP contribution in [-0.2, 0) is 9.59 Å². The van der Waals surface area contributed by atoms with E-state index in [1.54, 1.807) is 0 Å². The van der Waals surface area contributed by atoms with E-state index in [1.807, 2.05) is 0 Å². The SMILES string of the molecule is O=C(CC(=O)C1CCCCCCC1)C1CCCCCCC1. The van der Waals surface area contributed by atoms with E-state index in [0.717, 1.165) is 25.7 Å². The van der Waals surface area contributed by atoms with Gasteiger partial charge in [-0.1, -0.05) is 64.2 Å². The smallest absolute Gasteiger partial charge is 0.143 e. The minimum Gasteiger partial charge on any atom is -0.299 e. The minimum atomic E-state index is 0.183. The summed E-state index contributed by atoms with van der Waals surface area (Å²) >= 11 is 0. The van der Waals surface area contributed by atoms with Gasteiger partial charge in [-0.2, -0.15) is 0 Å². The molecule has 2 aliphatic rings. The first kappa shape index (κ1) is 16.7. The molecule has 2 saturated carbocycles. The van der Waals surface area contributed by atoms with Crippen molar-refractivity contribution in [2.75, 3.05) is 0 Å². The third-order valence-electron chi connectivity index (χ3n) is 5.47. The molecular weight excluding hydrogens is 260 g/mol. The molecule has 0 unspecified atom stereocenters. The van der Waals surface area contributed by atoms with Gasteiger partial charge >= 0.3 is 0 Å². The summed E-state index contributed by atoms with van der Waals surface area (Å²) in [6.07, 6.45) is 16.7. The topological polar surface area (TPSA) is 34.1 Å². The van der Waals surface area contributed by atoms with Gasteiger partial charge in [-0.25, -0.2) is 0 Å². The highest BCUT2D eigenvalue weighted by atomic mass is 16.1. The van der Waals surface area contributed by atoms with Crippen molar-refractivity contribution in [2.45, 2.75) is 96.3 Å². The Morgan fingerprint density at radius 3 is 1.14 bits per heavy atom. The molecule has 0 heterocycles. The maximum atomic E-state index is 12.4. The fourth-order valence-corrected chi connectivity index (χ4v) is 4.02. The number of ketones is 2. The molecule has 2 heteroatoms. The summed E-state index contributed by atoms with van der Waals surface area (Å²) in [5, 5.41) is 0. The molecule has 0 atom stereocenters. The highest BCUT2D eigenvalue weighted by molar-refractivity contribution is 6.01. The van der Waals surface area contributed by atoms with Crippen LogP contribution < -0.4 is 0 Å². The first-order chi connectivity index (χ1) is 10.3. The van der Waals surface area contributed by atoms with E-state index >= 15 is 0 Å². The lowest BCUT2D eigenvalue weighted by Gasteiger charge is -2.21. The Bertz CT molecular complexity index is 286. The molecule has 0 aromatic carbocycles. The maximum Gasteiger partial charge on any atom is 0.143 e. The molecule has 0 aliphatic heterocycles. The van der Waals surface area contributed by atoms with E-state index in [-0.39, 0.29) is 29.8 Å².